The summed E-state index contributed by atoms with van der Waals surface area (Å²) in [5.74, 6) is 0. The summed E-state index contributed by atoms with van der Waals surface area (Å²) < 4.78 is 12.3. The smallest absolute Gasteiger partial charge is 0.0612 e. The first-order chi connectivity index (χ1) is 7.66. The van der Waals surface area contributed by atoms with E-state index in [1.54, 1.807) is 28.7 Å². The Morgan fingerprint density at radius 1 is 1.33 bits per heavy atom. The van der Waals surface area contributed by atoms with E-state index in [1.807, 2.05) is 24.3 Å². The molecule has 1 aromatic carbocycles. The van der Waals surface area contributed by atoms with Gasteiger partial charge < -0.3 is 27.7 Å². The van der Waals surface area contributed by atoms with E-state index in [9.17, 15) is 0 Å². The second-order valence-corrected chi connectivity index (χ2v) is 2.68. The van der Waals surface area contributed by atoms with Gasteiger partial charge in [0.2, 0.25) is 0 Å². The third-order valence-electron chi connectivity index (χ3n) is 1.71. The molecule has 0 unspecified atom stereocenters. The number of halogens is 1. The van der Waals surface area contributed by atoms with Crippen LogP contribution in [0.2, 0.25) is 0 Å². The molecule has 0 spiro atoms. The topological polar surface area (TPSA) is 20.2 Å². The number of benzene rings is 1. The molecule has 0 fully saturated rings. The molecule has 0 bridgehead atoms. The molecule has 0 aromatic heterocycles. The molecule has 0 aliphatic heterocycles. The first-order valence-electron chi connectivity index (χ1n) is 5.42. The van der Waals surface area contributed by atoms with Gasteiger partial charge in [-0.1, -0.05) is 42.5 Å². The summed E-state index contributed by atoms with van der Waals surface area (Å²) >= 11 is 1.59. The number of aliphatic hydroxyl groups excluding tert-OH is 1. The summed E-state index contributed by atoms with van der Waals surface area (Å²) in [6, 6.07) is 10.4. The van der Waals surface area contributed by atoms with E-state index in [4.69, 9.17) is 7.85 Å². The zero-order chi connectivity index (χ0) is 12.2. The fourth-order valence-electron chi connectivity index (χ4n) is 1.09. The van der Waals surface area contributed by atoms with Gasteiger partial charge in [-0.15, -0.1) is 0 Å². The standard InChI is InChI=1S/C11H14O.CH2I.Zn/c12-10-6-2-5-9-11-7-3-1-4-8-11;1-2;/h1-4,6-8,12H,5,9-10H2;1H2;/q;-1;/b6-2+;;/i;1D2;. The van der Waals surface area contributed by atoms with Crippen molar-refractivity contribution in [3.8, 4) is 0 Å². The summed E-state index contributed by atoms with van der Waals surface area (Å²) in [4.78, 5) is -0.113. The first kappa shape index (κ1) is 13.3. The number of hydrogen-bond donors (Lipinski definition) is 1. The summed E-state index contributed by atoms with van der Waals surface area (Å²) in [6.07, 6.45) is 5.85. The molecule has 3 heteroatoms. The van der Waals surface area contributed by atoms with Gasteiger partial charge in [-0.05, 0) is 18.4 Å². The largest absolute Gasteiger partial charge is 0.392 e. The van der Waals surface area contributed by atoms with Crippen molar-refractivity contribution in [1.29, 1.82) is 0 Å². The van der Waals surface area contributed by atoms with Gasteiger partial charge in [0.05, 0.1) is 6.61 Å². The maximum Gasteiger partial charge on any atom is 0.0612 e. The zero-order valence-corrected chi connectivity index (χ0v) is 13.8. The number of hydrogen-bond acceptors (Lipinski definition) is 1. The van der Waals surface area contributed by atoms with Crippen molar-refractivity contribution in [3.63, 3.8) is 0 Å². The third-order valence-corrected chi connectivity index (χ3v) is 1.71. The van der Waals surface area contributed by atoms with Gasteiger partial charge in [-0.2, -0.15) is 2.74 Å². The fourth-order valence-corrected chi connectivity index (χ4v) is 1.09. The van der Waals surface area contributed by atoms with Crippen molar-refractivity contribution in [1.82, 2.24) is 0 Å². The van der Waals surface area contributed by atoms with E-state index in [0.717, 1.165) is 12.8 Å². The summed E-state index contributed by atoms with van der Waals surface area (Å²) in [5.41, 5.74) is 1.35. The van der Waals surface area contributed by atoms with E-state index >= 15 is 0 Å². The van der Waals surface area contributed by atoms with Gasteiger partial charge in [-0.3, -0.25) is 4.88 Å². The summed E-state index contributed by atoms with van der Waals surface area (Å²) in [7, 11) is 0. The van der Waals surface area contributed by atoms with Gasteiger partial charge >= 0.3 is 0 Å². The summed E-state index contributed by atoms with van der Waals surface area (Å²) in [6.45, 7) is 0.148. The predicted octanol–water partition coefficient (Wildman–Crippen LogP) is 3.38. The Hall–Kier alpha value is 0.273. The minimum Gasteiger partial charge on any atom is -0.392 e. The fraction of sp³-hybridized carbons (Fsp3) is 0.250. The van der Waals surface area contributed by atoms with Crippen LogP contribution >= 0.6 is 22.6 Å². The van der Waals surface area contributed by atoms with E-state index in [-0.39, 0.29) is 31.0 Å². The maximum atomic E-state index is 8.48. The van der Waals surface area contributed by atoms with Crippen LogP contribution in [-0.4, -0.2) is 11.7 Å². The minimum atomic E-state index is -0.113. The van der Waals surface area contributed by atoms with Gasteiger partial charge in [0.1, 0.15) is 0 Å². The SMILES string of the molecule is OC/C=C/CCc1ccccc1.[2H][C-]([2H])I.[Zn]. The number of aliphatic hydroxyl groups is 1. The Labute approximate surface area is 122 Å². The second kappa shape index (κ2) is 14.3. The molecule has 0 atom stereocenters. The Morgan fingerprint density at radius 3 is 2.47 bits per heavy atom. The van der Waals surface area contributed by atoms with Crippen LogP contribution in [0.3, 0.4) is 0 Å². The molecule has 1 rings (SSSR count). The van der Waals surface area contributed by atoms with Crippen LogP contribution < -0.4 is 0 Å². The molecule has 80 valence electrons. The van der Waals surface area contributed by atoms with Gasteiger partial charge in [0, 0.05) is 19.5 Å². The van der Waals surface area contributed by atoms with Crippen LogP contribution in [0.1, 0.15) is 14.7 Å². The monoisotopic (exact) mass is 369 g/mol. The maximum absolute atomic E-state index is 8.48. The van der Waals surface area contributed by atoms with Gasteiger partial charge in [0.25, 0.3) is 0 Å². The molecule has 0 radical (unpaired) electrons. The van der Waals surface area contributed by atoms with Crippen LogP contribution in [0.5, 0.6) is 0 Å². The molecule has 0 saturated heterocycles. The Balaban J connectivity index is 0. The molecule has 0 amide bonds. The normalized spacial score (nSPS) is 11.1. The Bertz CT molecular complexity index is 278. The van der Waals surface area contributed by atoms with Gasteiger partial charge in [-0.25, -0.2) is 0 Å². The van der Waals surface area contributed by atoms with Crippen LogP contribution in [0, 0.1) is 4.88 Å². The van der Waals surface area contributed by atoms with Crippen molar-refractivity contribution in [2.24, 2.45) is 0 Å². The molecule has 1 N–H and O–H groups in total. The van der Waals surface area contributed by atoms with Crippen LogP contribution in [0.25, 0.3) is 0 Å². The van der Waals surface area contributed by atoms with E-state index < -0.39 is 0 Å². The molecule has 0 aliphatic carbocycles. The summed E-state index contributed by atoms with van der Waals surface area (Å²) in [5, 5.41) is 8.48. The van der Waals surface area contributed by atoms with Crippen molar-refractivity contribution >= 4 is 22.6 Å². The van der Waals surface area contributed by atoms with Crippen molar-refractivity contribution in [3.05, 3.63) is 52.9 Å². The number of allylic oxidation sites excluding steroid dienone is 1. The van der Waals surface area contributed by atoms with Crippen LogP contribution in [0.4, 0.5) is 0 Å². The van der Waals surface area contributed by atoms with Gasteiger partial charge in [0.15, 0.2) is 0 Å². The van der Waals surface area contributed by atoms with Crippen LogP contribution in [-0.2, 0) is 25.9 Å². The molecular weight excluding hydrogens is 352 g/mol. The van der Waals surface area contributed by atoms with E-state index in [0.29, 0.717) is 0 Å². The van der Waals surface area contributed by atoms with E-state index in [1.165, 1.54) is 5.56 Å². The second-order valence-electron chi connectivity index (χ2n) is 2.68. The van der Waals surface area contributed by atoms with Crippen molar-refractivity contribution in [2.45, 2.75) is 12.8 Å². The Kier molecular flexibility index (Phi) is 12.7. The van der Waals surface area contributed by atoms with E-state index in [2.05, 4.69) is 12.1 Å². The molecule has 0 aliphatic rings. The molecule has 0 heterocycles. The molecule has 0 saturated carbocycles. The van der Waals surface area contributed by atoms with Crippen molar-refractivity contribution < 1.29 is 27.3 Å². The number of rotatable bonds is 4. The first-order valence-corrected chi connectivity index (χ1v) is 5.50. The Morgan fingerprint density at radius 2 is 1.93 bits per heavy atom. The van der Waals surface area contributed by atoms with Crippen molar-refractivity contribution in [2.75, 3.05) is 6.61 Å². The quantitative estimate of drug-likeness (QED) is 0.373. The average Bonchev–Trinajstić information content (AvgIpc) is 2.25. The molecule has 1 aromatic rings. The van der Waals surface area contributed by atoms with Crippen LogP contribution in [0.15, 0.2) is 42.5 Å². The number of aryl methyl sites for hydroxylation is 1. The minimum absolute atomic E-state index is 0. The zero-order valence-electron chi connectivity index (χ0n) is 10.7. The predicted molar refractivity (Wildman–Crippen MR) is 70.4 cm³/mol. The molecule has 1 nitrogen and oxygen atoms in total. The average molecular weight is 371 g/mol. The third kappa shape index (κ3) is 10.6. The molecular formula is C12H16IOZn-. The molecule has 15 heavy (non-hydrogen) atoms.